The van der Waals surface area contributed by atoms with E-state index in [1.807, 2.05) is 13.0 Å². The lowest BCUT2D eigenvalue weighted by Gasteiger charge is -2.17. The molecule has 120 valence electrons. The third kappa shape index (κ3) is 4.59. The van der Waals surface area contributed by atoms with Crippen molar-refractivity contribution in [1.29, 1.82) is 0 Å². The van der Waals surface area contributed by atoms with Crippen LogP contribution in [0.25, 0.3) is 0 Å². The second-order valence-corrected chi connectivity index (χ2v) is 5.80. The number of hydrogen-bond donors (Lipinski definition) is 1. The number of carbonyl (C=O) groups is 1. The molecule has 0 heterocycles. The summed E-state index contributed by atoms with van der Waals surface area (Å²) < 4.78 is 0. The van der Waals surface area contributed by atoms with Gasteiger partial charge in [0.1, 0.15) is 6.29 Å². The van der Waals surface area contributed by atoms with Crippen LogP contribution in [0.2, 0.25) is 0 Å². The van der Waals surface area contributed by atoms with E-state index in [1.54, 1.807) is 0 Å². The Labute approximate surface area is 134 Å². The average Bonchev–Trinajstić information content (AvgIpc) is 2.56. The third-order valence-electron chi connectivity index (χ3n) is 4.60. The number of aldehydes is 1. The van der Waals surface area contributed by atoms with Gasteiger partial charge >= 0.3 is 0 Å². The molecule has 0 aromatic heterocycles. The molecule has 0 atom stereocenters. The standard InChI is InChI=1S/C11H16.C9H12O2/c1-4-10-7-6-8-11(5-2)9(10)3;1-7-8(5-10)3-2-4-9(7)6-11/h4-5H,1,6-8H2,2-3H3;5-6,10H,2-4H2,1H3/b11-5+;8-5+. The molecule has 2 rings (SSSR count). The zero-order valence-corrected chi connectivity index (χ0v) is 14.1. The molecular weight excluding hydrogens is 272 g/mol. The average molecular weight is 300 g/mol. The highest BCUT2D eigenvalue weighted by molar-refractivity contribution is 5.76. The normalized spacial score (nSPS) is 22.5. The number of allylic oxidation sites excluding steroid dienone is 8. The van der Waals surface area contributed by atoms with Crippen LogP contribution in [0, 0.1) is 0 Å². The van der Waals surface area contributed by atoms with Gasteiger partial charge in [0, 0.05) is 0 Å². The van der Waals surface area contributed by atoms with E-state index in [2.05, 4.69) is 26.5 Å². The van der Waals surface area contributed by atoms with E-state index in [4.69, 9.17) is 5.11 Å². The first-order valence-electron chi connectivity index (χ1n) is 8.05. The van der Waals surface area contributed by atoms with Crippen molar-refractivity contribution in [3.8, 4) is 0 Å². The van der Waals surface area contributed by atoms with Gasteiger partial charge in [-0.3, -0.25) is 4.79 Å². The number of hydrogen-bond acceptors (Lipinski definition) is 2. The first kappa shape index (κ1) is 18.2. The zero-order chi connectivity index (χ0) is 16.5. The van der Waals surface area contributed by atoms with Crippen molar-refractivity contribution in [2.45, 2.75) is 59.3 Å². The van der Waals surface area contributed by atoms with Crippen molar-refractivity contribution in [2.75, 3.05) is 0 Å². The first-order chi connectivity index (χ1) is 10.6. The molecule has 2 aliphatic carbocycles. The molecule has 0 unspecified atom stereocenters. The van der Waals surface area contributed by atoms with Crippen molar-refractivity contribution in [3.05, 3.63) is 58.4 Å². The zero-order valence-electron chi connectivity index (χ0n) is 14.1. The molecule has 1 N–H and O–H groups in total. The Bertz CT molecular complexity index is 492. The van der Waals surface area contributed by atoms with Gasteiger partial charge in [0.25, 0.3) is 0 Å². The summed E-state index contributed by atoms with van der Waals surface area (Å²) in [5.74, 6) is 0. The van der Waals surface area contributed by atoms with Gasteiger partial charge < -0.3 is 5.11 Å². The van der Waals surface area contributed by atoms with Crippen LogP contribution in [-0.2, 0) is 4.79 Å². The van der Waals surface area contributed by atoms with Crippen LogP contribution in [-0.4, -0.2) is 11.4 Å². The predicted molar refractivity (Wildman–Crippen MR) is 93.8 cm³/mol. The highest BCUT2D eigenvalue weighted by Gasteiger charge is 2.12. The molecule has 0 aromatic carbocycles. The van der Waals surface area contributed by atoms with Crippen LogP contribution in [0.1, 0.15) is 59.3 Å². The van der Waals surface area contributed by atoms with Gasteiger partial charge in [-0.25, -0.2) is 0 Å². The second-order valence-electron chi connectivity index (χ2n) is 5.80. The van der Waals surface area contributed by atoms with Gasteiger partial charge in [-0.1, -0.05) is 18.7 Å². The van der Waals surface area contributed by atoms with Crippen LogP contribution in [0.5, 0.6) is 0 Å². The van der Waals surface area contributed by atoms with E-state index in [-0.39, 0.29) is 0 Å². The monoisotopic (exact) mass is 300 g/mol. The lowest BCUT2D eigenvalue weighted by molar-refractivity contribution is -0.105. The third-order valence-corrected chi connectivity index (χ3v) is 4.60. The molecule has 2 heteroatoms. The van der Waals surface area contributed by atoms with Gasteiger partial charge in [-0.15, -0.1) is 0 Å². The maximum atomic E-state index is 10.5. The van der Waals surface area contributed by atoms with E-state index < -0.39 is 0 Å². The number of rotatable bonds is 2. The molecule has 0 saturated heterocycles. The van der Waals surface area contributed by atoms with Crippen LogP contribution in [0.3, 0.4) is 0 Å². The number of aliphatic hydroxyl groups excluding tert-OH is 1. The quantitative estimate of drug-likeness (QED) is 0.521. The summed E-state index contributed by atoms with van der Waals surface area (Å²) in [6.45, 7) is 10.0. The van der Waals surface area contributed by atoms with Gasteiger partial charge in [0.05, 0.1) is 6.26 Å². The van der Waals surface area contributed by atoms with Gasteiger partial charge in [0.2, 0.25) is 0 Å². The minimum atomic E-state index is 0.830. The van der Waals surface area contributed by atoms with E-state index in [1.165, 1.54) is 36.0 Å². The van der Waals surface area contributed by atoms with Crippen molar-refractivity contribution in [1.82, 2.24) is 0 Å². The number of carbonyl (C=O) groups excluding carboxylic acids is 1. The summed E-state index contributed by atoms with van der Waals surface area (Å²) in [5.41, 5.74) is 7.08. The predicted octanol–water partition coefficient (Wildman–Crippen LogP) is 5.75. The Hall–Kier alpha value is -1.83. The van der Waals surface area contributed by atoms with Crippen LogP contribution in [0.15, 0.2) is 58.4 Å². The molecule has 0 aliphatic heterocycles. The molecule has 0 bridgehead atoms. The molecule has 0 fully saturated rings. The summed E-state index contributed by atoms with van der Waals surface area (Å²) in [4.78, 5) is 10.5. The Morgan fingerprint density at radius 1 is 0.955 bits per heavy atom. The van der Waals surface area contributed by atoms with Crippen molar-refractivity contribution in [3.63, 3.8) is 0 Å². The summed E-state index contributed by atoms with van der Waals surface area (Å²) in [6, 6.07) is 0. The van der Waals surface area contributed by atoms with Crippen LogP contribution in [0.4, 0.5) is 0 Å². The summed E-state index contributed by atoms with van der Waals surface area (Å²) >= 11 is 0. The maximum absolute atomic E-state index is 10.5. The number of aliphatic hydroxyl groups is 1. The fourth-order valence-electron chi connectivity index (χ4n) is 3.03. The highest BCUT2D eigenvalue weighted by Crippen LogP contribution is 2.29. The Balaban J connectivity index is 0.000000220. The lowest BCUT2D eigenvalue weighted by atomic mass is 9.88. The summed E-state index contributed by atoms with van der Waals surface area (Å²) in [7, 11) is 0. The SMILES string of the molecule is C=CC1=C(C)/C(=C/C)CCC1.CC1=C(C=O)CCC/C1=C\O. The van der Waals surface area contributed by atoms with Gasteiger partial charge in [0.15, 0.2) is 0 Å². The molecule has 0 spiro atoms. The van der Waals surface area contributed by atoms with E-state index >= 15 is 0 Å². The van der Waals surface area contributed by atoms with Gasteiger partial charge in [-0.2, -0.15) is 0 Å². The molecule has 22 heavy (non-hydrogen) atoms. The summed E-state index contributed by atoms with van der Waals surface area (Å²) in [5, 5.41) is 8.76. The lowest BCUT2D eigenvalue weighted by Crippen LogP contribution is -2.01. The molecule has 0 saturated carbocycles. The molecule has 0 aromatic rings. The molecule has 2 aliphatic rings. The first-order valence-corrected chi connectivity index (χ1v) is 8.05. The molecule has 2 nitrogen and oxygen atoms in total. The van der Waals surface area contributed by atoms with Crippen molar-refractivity contribution in [2.24, 2.45) is 0 Å². The Morgan fingerprint density at radius 2 is 1.50 bits per heavy atom. The van der Waals surface area contributed by atoms with Crippen molar-refractivity contribution >= 4 is 6.29 Å². The van der Waals surface area contributed by atoms with E-state index in [9.17, 15) is 4.79 Å². The largest absolute Gasteiger partial charge is 0.515 e. The second kappa shape index (κ2) is 9.24. The minimum absolute atomic E-state index is 0.830. The Morgan fingerprint density at radius 3 is 2.00 bits per heavy atom. The molecule has 0 amide bonds. The van der Waals surface area contributed by atoms with Gasteiger partial charge in [-0.05, 0) is 92.7 Å². The minimum Gasteiger partial charge on any atom is -0.515 e. The van der Waals surface area contributed by atoms with Crippen LogP contribution < -0.4 is 0 Å². The Kier molecular flexibility index (Phi) is 7.65. The topological polar surface area (TPSA) is 37.3 Å². The van der Waals surface area contributed by atoms with Crippen LogP contribution >= 0.6 is 0 Å². The fourth-order valence-corrected chi connectivity index (χ4v) is 3.03. The molecule has 0 radical (unpaired) electrons. The van der Waals surface area contributed by atoms with Crippen molar-refractivity contribution < 1.29 is 9.90 Å². The van der Waals surface area contributed by atoms with E-state index in [0.717, 1.165) is 48.5 Å². The summed E-state index contributed by atoms with van der Waals surface area (Å²) in [6.07, 6.45) is 12.7. The smallest absolute Gasteiger partial charge is 0.146 e. The maximum Gasteiger partial charge on any atom is 0.146 e. The fraction of sp³-hybridized carbons (Fsp3) is 0.450. The molecular formula is C20H28O2. The van der Waals surface area contributed by atoms with E-state index in [0.29, 0.717) is 0 Å². The highest BCUT2D eigenvalue weighted by atomic mass is 16.2.